The molecule has 1 atom stereocenters. The number of aliphatic imine (C=N–C) groups is 1. The monoisotopic (exact) mass is 388 g/mol. The van der Waals surface area contributed by atoms with Gasteiger partial charge in [-0.3, -0.25) is 4.99 Å². The Morgan fingerprint density at radius 2 is 1.83 bits per heavy atom. The number of ether oxygens (including phenoxy) is 2. The van der Waals surface area contributed by atoms with Crippen molar-refractivity contribution in [1.82, 2.24) is 9.97 Å². The average Bonchev–Trinajstić information content (AvgIpc) is 3.27. The van der Waals surface area contributed by atoms with Crippen LogP contribution in [0.15, 0.2) is 47.5 Å². The van der Waals surface area contributed by atoms with Gasteiger partial charge < -0.3 is 14.8 Å². The van der Waals surface area contributed by atoms with Crippen molar-refractivity contribution in [3.63, 3.8) is 0 Å². The Labute approximate surface area is 170 Å². The second kappa shape index (κ2) is 7.91. The van der Waals surface area contributed by atoms with Crippen LogP contribution in [0.2, 0.25) is 0 Å². The molecule has 0 saturated carbocycles. The van der Waals surface area contributed by atoms with Crippen LogP contribution in [0.3, 0.4) is 0 Å². The predicted molar refractivity (Wildman–Crippen MR) is 117 cm³/mol. The third-order valence-electron chi connectivity index (χ3n) is 5.00. The van der Waals surface area contributed by atoms with Crippen LogP contribution in [0, 0.1) is 6.92 Å². The maximum atomic E-state index is 5.46. The summed E-state index contributed by atoms with van der Waals surface area (Å²) >= 11 is 0. The van der Waals surface area contributed by atoms with Crippen molar-refractivity contribution in [3.05, 3.63) is 59.4 Å². The highest BCUT2D eigenvalue weighted by Crippen LogP contribution is 2.35. The van der Waals surface area contributed by atoms with Crippen LogP contribution in [-0.4, -0.2) is 30.4 Å². The van der Waals surface area contributed by atoms with E-state index in [2.05, 4.69) is 57.5 Å². The maximum absolute atomic E-state index is 5.46. The second-order valence-electron chi connectivity index (χ2n) is 6.97. The highest BCUT2D eigenvalue weighted by molar-refractivity contribution is 5.92. The van der Waals surface area contributed by atoms with Crippen LogP contribution in [0.25, 0.3) is 16.6 Å². The molecule has 1 aliphatic rings. The lowest BCUT2D eigenvalue weighted by atomic mass is 10.0. The summed E-state index contributed by atoms with van der Waals surface area (Å²) in [6.45, 7) is 4.01. The third-order valence-corrected chi connectivity index (χ3v) is 5.00. The number of nitrogens with one attached hydrogen (secondary N) is 1. The van der Waals surface area contributed by atoms with Gasteiger partial charge in [0.05, 0.1) is 25.4 Å². The van der Waals surface area contributed by atoms with Gasteiger partial charge >= 0.3 is 0 Å². The molecule has 0 bridgehead atoms. The van der Waals surface area contributed by atoms with E-state index >= 15 is 0 Å². The van der Waals surface area contributed by atoms with Crippen molar-refractivity contribution < 1.29 is 9.47 Å². The van der Waals surface area contributed by atoms with E-state index in [1.165, 1.54) is 0 Å². The lowest BCUT2D eigenvalue weighted by molar-refractivity contribution is 0.356. The topological polar surface area (TPSA) is 68.6 Å². The number of fused-ring (bicyclic) bond motifs is 1. The number of hydrogen-bond acceptors (Lipinski definition) is 6. The van der Waals surface area contributed by atoms with E-state index in [1.54, 1.807) is 14.2 Å². The van der Waals surface area contributed by atoms with Crippen molar-refractivity contribution in [2.24, 2.45) is 4.99 Å². The summed E-state index contributed by atoms with van der Waals surface area (Å²) in [5.41, 5.74) is 4.12. The molecular weight excluding hydrogens is 364 g/mol. The molecular formula is C23H24N4O2. The largest absolute Gasteiger partial charge is 0.493 e. The summed E-state index contributed by atoms with van der Waals surface area (Å²) in [6.07, 6.45) is 4.96. The average molecular weight is 388 g/mol. The first-order valence-corrected chi connectivity index (χ1v) is 9.59. The van der Waals surface area contributed by atoms with E-state index < -0.39 is 0 Å². The summed E-state index contributed by atoms with van der Waals surface area (Å²) in [4.78, 5) is 13.6. The Morgan fingerprint density at radius 3 is 2.55 bits per heavy atom. The standard InChI is InChI=1S/C23H24N4O2/c1-14(16-7-5-8-17(11-16)19-9-6-10-24-19)25-23-18-12-21(28-3)22(29-4)13-20(18)26-15(2)27-23/h5,7-14H,6H2,1-4H3,(H,25,26,27)/t14-/m1/s1. The molecule has 0 fully saturated rings. The number of aromatic nitrogens is 2. The number of nitrogens with zero attached hydrogens (tertiary/aromatic N) is 3. The first kappa shape index (κ1) is 18.9. The van der Waals surface area contributed by atoms with Gasteiger partial charge in [-0.25, -0.2) is 9.97 Å². The van der Waals surface area contributed by atoms with Crippen molar-refractivity contribution in [1.29, 1.82) is 0 Å². The van der Waals surface area contributed by atoms with Crippen LogP contribution in [0.1, 0.15) is 36.3 Å². The quantitative estimate of drug-likeness (QED) is 0.647. The van der Waals surface area contributed by atoms with E-state index in [0.29, 0.717) is 17.3 Å². The molecule has 0 radical (unpaired) electrons. The summed E-state index contributed by atoms with van der Waals surface area (Å²) in [5, 5.41) is 4.43. The fourth-order valence-electron chi connectivity index (χ4n) is 3.50. The van der Waals surface area contributed by atoms with Crippen LogP contribution >= 0.6 is 0 Å². The molecule has 1 aliphatic heterocycles. The highest BCUT2D eigenvalue weighted by Gasteiger charge is 2.15. The van der Waals surface area contributed by atoms with E-state index in [-0.39, 0.29) is 6.04 Å². The summed E-state index contributed by atoms with van der Waals surface area (Å²) in [5.74, 6) is 2.76. The first-order valence-electron chi connectivity index (χ1n) is 9.59. The molecule has 0 aliphatic carbocycles. The molecule has 6 nitrogen and oxygen atoms in total. The Kier molecular flexibility index (Phi) is 5.16. The van der Waals surface area contributed by atoms with E-state index in [4.69, 9.17) is 9.47 Å². The van der Waals surface area contributed by atoms with Crippen molar-refractivity contribution in [3.8, 4) is 11.5 Å². The highest BCUT2D eigenvalue weighted by atomic mass is 16.5. The zero-order valence-electron chi connectivity index (χ0n) is 17.1. The van der Waals surface area contributed by atoms with Crippen molar-refractivity contribution >= 4 is 28.6 Å². The van der Waals surface area contributed by atoms with Gasteiger partial charge in [0.15, 0.2) is 11.5 Å². The van der Waals surface area contributed by atoms with E-state index in [1.807, 2.05) is 25.3 Å². The minimum atomic E-state index is 0.0477. The molecule has 29 heavy (non-hydrogen) atoms. The van der Waals surface area contributed by atoms with Gasteiger partial charge in [-0.15, -0.1) is 0 Å². The zero-order chi connectivity index (χ0) is 20.4. The second-order valence-corrected chi connectivity index (χ2v) is 6.97. The Balaban J connectivity index is 1.70. The lowest BCUT2D eigenvalue weighted by Crippen LogP contribution is -2.10. The number of benzene rings is 2. The van der Waals surface area contributed by atoms with Gasteiger partial charge in [-0.2, -0.15) is 0 Å². The molecule has 1 N–H and O–H groups in total. The Hall–Kier alpha value is -3.41. The fourth-order valence-corrected chi connectivity index (χ4v) is 3.50. The van der Waals surface area contributed by atoms with Crippen LogP contribution in [0.5, 0.6) is 11.5 Å². The SMILES string of the molecule is COc1cc2nc(C)nc(N[C@H](C)c3cccc(C4=CCC=N4)c3)c2cc1OC. The maximum Gasteiger partial charge on any atom is 0.162 e. The van der Waals surface area contributed by atoms with Crippen molar-refractivity contribution in [2.75, 3.05) is 19.5 Å². The number of anilines is 1. The van der Waals surface area contributed by atoms with Crippen molar-refractivity contribution in [2.45, 2.75) is 26.3 Å². The molecule has 2 heterocycles. The van der Waals surface area contributed by atoms with Gasteiger partial charge in [0.25, 0.3) is 0 Å². The normalized spacial score (nSPS) is 14.0. The van der Waals surface area contributed by atoms with Crippen LogP contribution < -0.4 is 14.8 Å². The van der Waals surface area contributed by atoms with Gasteiger partial charge in [0.2, 0.25) is 0 Å². The Morgan fingerprint density at radius 1 is 1.03 bits per heavy atom. The third kappa shape index (κ3) is 3.78. The molecule has 0 spiro atoms. The van der Waals surface area contributed by atoms with Gasteiger partial charge in [-0.1, -0.05) is 24.3 Å². The van der Waals surface area contributed by atoms with E-state index in [0.717, 1.165) is 40.0 Å². The molecule has 0 unspecified atom stereocenters. The molecule has 0 amide bonds. The number of methoxy groups -OCH3 is 2. The first-order chi connectivity index (χ1) is 14.1. The lowest BCUT2D eigenvalue weighted by Gasteiger charge is -2.18. The van der Waals surface area contributed by atoms with Gasteiger partial charge in [-0.05, 0) is 31.5 Å². The molecule has 1 aromatic heterocycles. The Bertz CT molecular complexity index is 1120. The summed E-state index contributed by atoms with van der Waals surface area (Å²) in [7, 11) is 3.25. The summed E-state index contributed by atoms with van der Waals surface area (Å²) < 4.78 is 10.9. The van der Waals surface area contributed by atoms with E-state index in [9.17, 15) is 0 Å². The van der Waals surface area contributed by atoms with Crippen LogP contribution in [-0.2, 0) is 0 Å². The number of rotatable bonds is 6. The predicted octanol–water partition coefficient (Wildman–Crippen LogP) is 4.94. The zero-order valence-corrected chi connectivity index (χ0v) is 17.1. The molecule has 3 aromatic rings. The van der Waals surface area contributed by atoms with Crippen LogP contribution in [0.4, 0.5) is 5.82 Å². The number of allylic oxidation sites excluding steroid dienone is 1. The van der Waals surface area contributed by atoms with Gasteiger partial charge in [0.1, 0.15) is 11.6 Å². The molecule has 2 aromatic carbocycles. The molecule has 148 valence electrons. The number of aryl methyl sites for hydroxylation is 1. The summed E-state index contributed by atoms with van der Waals surface area (Å²) in [6, 6.07) is 12.3. The molecule has 0 saturated heterocycles. The minimum absolute atomic E-state index is 0.0477. The smallest absolute Gasteiger partial charge is 0.162 e. The molecule has 6 heteroatoms. The fraction of sp³-hybridized carbons (Fsp3) is 0.261. The molecule has 4 rings (SSSR count). The minimum Gasteiger partial charge on any atom is -0.493 e. The van der Waals surface area contributed by atoms with Gasteiger partial charge in [0, 0.05) is 35.7 Å². The number of hydrogen-bond donors (Lipinski definition) is 1.